The zero-order valence-electron chi connectivity index (χ0n) is 14.1. The highest BCUT2D eigenvalue weighted by atomic mass is 35.5. The van der Waals surface area contributed by atoms with Crippen LogP contribution in [-0.2, 0) is 23.9 Å². The maximum atomic E-state index is 11.8. The van der Waals surface area contributed by atoms with E-state index < -0.39 is 17.7 Å². The van der Waals surface area contributed by atoms with Crippen LogP contribution in [0.5, 0.6) is 0 Å². The third-order valence-electron chi connectivity index (χ3n) is 3.22. The van der Waals surface area contributed by atoms with Crippen molar-refractivity contribution < 1.29 is 23.9 Å². The summed E-state index contributed by atoms with van der Waals surface area (Å²) < 4.78 is 9.98. The predicted octanol–water partition coefficient (Wildman–Crippen LogP) is 3.21. The van der Waals surface area contributed by atoms with Crippen molar-refractivity contribution in [3.63, 3.8) is 0 Å². The maximum absolute atomic E-state index is 11.8. The van der Waals surface area contributed by atoms with Gasteiger partial charge in [-0.25, -0.2) is 9.59 Å². The molecule has 1 aromatic carbocycles. The maximum Gasteiger partial charge on any atom is 0.350 e. The van der Waals surface area contributed by atoms with E-state index in [2.05, 4.69) is 10.6 Å². The van der Waals surface area contributed by atoms with Gasteiger partial charge < -0.3 is 20.1 Å². The first-order valence-corrected chi connectivity index (χ1v) is 8.12. The summed E-state index contributed by atoms with van der Waals surface area (Å²) in [5.74, 6) is -2.96. The fourth-order valence-corrected chi connectivity index (χ4v) is 2.31. The number of hydrogen-bond donors (Lipinski definition) is 2. The molecule has 0 aromatic heterocycles. The van der Waals surface area contributed by atoms with Gasteiger partial charge in [0.15, 0.2) is 5.57 Å². The zero-order valence-corrected chi connectivity index (χ0v) is 14.9. The van der Waals surface area contributed by atoms with Gasteiger partial charge in [0, 0.05) is 32.2 Å². The Morgan fingerprint density at radius 3 is 2.44 bits per heavy atom. The lowest BCUT2D eigenvalue weighted by Crippen LogP contribution is -2.42. The van der Waals surface area contributed by atoms with Crippen molar-refractivity contribution >= 4 is 40.8 Å². The summed E-state index contributed by atoms with van der Waals surface area (Å²) >= 11 is 6.13. The number of esters is 2. The standard InChI is InChI=1S/C17H19ClN2O5/c1-4-5-14(21)20-13-7-6-10(8-12(13)18)19-9-11-15(22)24-17(2,3)25-16(11)23/h6-9,19H,4-5H2,1-3H3,(H,20,21). The van der Waals surface area contributed by atoms with Gasteiger partial charge in [0.1, 0.15) is 0 Å². The Morgan fingerprint density at radius 1 is 1.24 bits per heavy atom. The minimum atomic E-state index is -1.28. The van der Waals surface area contributed by atoms with Crippen molar-refractivity contribution in [1.29, 1.82) is 0 Å². The molecule has 1 aliphatic heterocycles. The van der Waals surface area contributed by atoms with E-state index in [1.807, 2.05) is 6.92 Å². The van der Waals surface area contributed by atoms with Gasteiger partial charge >= 0.3 is 11.9 Å². The average molecular weight is 367 g/mol. The van der Waals surface area contributed by atoms with Gasteiger partial charge in [-0.3, -0.25) is 4.79 Å². The smallest absolute Gasteiger partial charge is 0.350 e. The SMILES string of the molecule is CCCC(=O)Nc1ccc(NC=C2C(=O)OC(C)(C)OC2=O)cc1Cl. The van der Waals surface area contributed by atoms with Gasteiger partial charge in [0.05, 0.1) is 10.7 Å². The number of carbonyl (C=O) groups is 3. The lowest BCUT2D eigenvalue weighted by atomic mass is 10.2. The molecule has 0 radical (unpaired) electrons. The molecule has 2 rings (SSSR count). The number of rotatable bonds is 5. The number of benzene rings is 1. The molecule has 1 aromatic rings. The Morgan fingerprint density at radius 2 is 1.88 bits per heavy atom. The lowest BCUT2D eigenvalue weighted by Gasteiger charge is -2.29. The van der Waals surface area contributed by atoms with Crippen LogP contribution >= 0.6 is 11.6 Å². The molecular weight excluding hydrogens is 348 g/mol. The Labute approximate surface area is 150 Å². The van der Waals surface area contributed by atoms with Gasteiger partial charge in [-0.05, 0) is 24.6 Å². The molecule has 7 nitrogen and oxygen atoms in total. The molecule has 1 saturated heterocycles. The Hall–Kier alpha value is -2.54. The molecule has 0 atom stereocenters. The van der Waals surface area contributed by atoms with Gasteiger partial charge in [0.2, 0.25) is 5.91 Å². The Bertz CT molecular complexity index is 721. The van der Waals surface area contributed by atoms with Crippen LogP contribution < -0.4 is 10.6 Å². The lowest BCUT2D eigenvalue weighted by molar-refractivity contribution is -0.222. The van der Waals surface area contributed by atoms with E-state index in [1.165, 1.54) is 20.0 Å². The number of anilines is 2. The average Bonchev–Trinajstić information content (AvgIpc) is 2.48. The highest BCUT2D eigenvalue weighted by Crippen LogP contribution is 2.27. The molecular formula is C17H19ClN2O5. The topological polar surface area (TPSA) is 93.7 Å². The van der Waals surface area contributed by atoms with Crippen molar-refractivity contribution in [2.75, 3.05) is 10.6 Å². The van der Waals surface area contributed by atoms with E-state index >= 15 is 0 Å². The molecule has 1 aliphatic rings. The summed E-state index contributed by atoms with van der Waals surface area (Å²) in [6, 6.07) is 4.83. The van der Waals surface area contributed by atoms with Crippen LogP contribution in [-0.4, -0.2) is 23.6 Å². The monoisotopic (exact) mass is 366 g/mol. The Kier molecular flexibility index (Phi) is 5.69. The summed E-state index contributed by atoms with van der Waals surface area (Å²) in [6.07, 6.45) is 2.34. The molecule has 134 valence electrons. The van der Waals surface area contributed by atoms with Crippen LogP contribution in [0.4, 0.5) is 11.4 Å². The number of cyclic esters (lactones) is 2. The third kappa shape index (κ3) is 4.96. The second-order valence-corrected chi connectivity index (χ2v) is 6.28. The Balaban J connectivity index is 2.08. The highest BCUT2D eigenvalue weighted by molar-refractivity contribution is 6.34. The molecule has 0 saturated carbocycles. The normalized spacial score (nSPS) is 15.9. The first-order chi connectivity index (χ1) is 11.7. The second kappa shape index (κ2) is 7.57. The molecule has 1 heterocycles. The van der Waals surface area contributed by atoms with Crippen molar-refractivity contribution in [2.45, 2.75) is 39.4 Å². The van der Waals surface area contributed by atoms with E-state index in [9.17, 15) is 14.4 Å². The van der Waals surface area contributed by atoms with Crippen molar-refractivity contribution in [3.8, 4) is 0 Å². The first kappa shape index (κ1) is 18.8. The van der Waals surface area contributed by atoms with E-state index in [0.717, 1.165) is 6.42 Å². The predicted molar refractivity (Wildman–Crippen MR) is 93.0 cm³/mol. The zero-order chi connectivity index (χ0) is 18.6. The molecule has 25 heavy (non-hydrogen) atoms. The second-order valence-electron chi connectivity index (χ2n) is 5.87. The fraction of sp³-hybridized carbons (Fsp3) is 0.353. The van der Waals surface area contributed by atoms with Gasteiger partial charge in [-0.2, -0.15) is 0 Å². The highest BCUT2D eigenvalue weighted by Gasteiger charge is 2.38. The summed E-state index contributed by atoms with van der Waals surface area (Å²) in [6.45, 7) is 4.85. The molecule has 0 aliphatic carbocycles. The van der Waals surface area contributed by atoms with Crippen molar-refractivity contribution in [1.82, 2.24) is 0 Å². The van der Waals surface area contributed by atoms with Crippen molar-refractivity contribution in [3.05, 3.63) is 35.0 Å². The largest absolute Gasteiger partial charge is 0.419 e. The summed E-state index contributed by atoms with van der Waals surface area (Å²) in [7, 11) is 0. The molecule has 1 amide bonds. The molecule has 0 unspecified atom stereocenters. The fourth-order valence-electron chi connectivity index (χ4n) is 2.08. The van der Waals surface area contributed by atoms with Crippen LogP contribution in [0.2, 0.25) is 5.02 Å². The van der Waals surface area contributed by atoms with Crippen LogP contribution in [0.3, 0.4) is 0 Å². The number of amides is 1. The number of hydrogen-bond acceptors (Lipinski definition) is 6. The molecule has 0 spiro atoms. The molecule has 2 N–H and O–H groups in total. The van der Waals surface area contributed by atoms with Gasteiger partial charge in [-0.1, -0.05) is 18.5 Å². The molecule has 0 bridgehead atoms. The third-order valence-corrected chi connectivity index (χ3v) is 3.53. The summed E-state index contributed by atoms with van der Waals surface area (Å²) in [5, 5.41) is 5.81. The summed E-state index contributed by atoms with van der Waals surface area (Å²) in [4.78, 5) is 35.3. The molecule has 8 heteroatoms. The van der Waals surface area contributed by atoms with Crippen LogP contribution in [0.15, 0.2) is 30.0 Å². The number of carbonyl (C=O) groups excluding carboxylic acids is 3. The van der Waals surface area contributed by atoms with Crippen LogP contribution in [0.1, 0.15) is 33.6 Å². The minimum absolute atomic E-state index is 0.123. The summed E-state index contributed by atoms with van der Waals surface area (Å²) in [5.41, 5.74) is 0.753. The van der Waals surface area contributed by atoms with Crippen LogP contribution in [0.25, 0.3) is 0 Å². The van der Waals surface area contributed by atoms with Crippen LogP contribution in [0, 0.1) is 0 Å². The minimum Gasteiger partial charge on any atom is -0.419 e. The number of halogens is 1. The number of nitrogens with one attached hydrogen (secondary N) is 2. The molecule has 1 fully saturated rings. The van der Waals surface area contributed by atoms with Crippen molar-refractivity contribution in [2.24, 2.45) is 0 Å². The van der Waals surface area contributed by atoms with Gasteiger partial charge in [-0.15, -0.1) is 0 Å². The van der Waals surface area contributed by atoms with E-state index in [0.29, 0.717) is 22.8 Å². The van der Waals surface area contributed by atoms with E-state index in [-0.39, 0.29) is 11.5 Å². The number of ether oxygens (including phenoxy) is 2. The van der Waals surface area contributed by atoms with Gasteiger partial charge in [0.25, 0.3) is 5.79 Å². The van der Waals surface area contributed by atoms with E-state index in [1.54, 1.807) is 18.2 Å². The quantitative estimate of drug-likeness (QED) is 0.472. The first-order valence-electron chi connectivity index (χ1n) is 7.74. The van der Waals surface area contributed by atoms with E-state index in [4.69, 9.17) is 21.1 Å².